The van der Waals surface area contributed by atoms with Crippen molar-refractivity contribution in [2.75, 3.05) is 0 Å². The van der Waals surface area contributed by atoms with Gasteiger partial charge in [0.05, 0.1) is 0 Å². The fourth-order valence-corrected chi connectivity index (χ4v) is 1.64. The van der Waals surface area contributed by atoms with Gasteiger partial charge in [-0.2, -0.15) is 0 Å². The maximum absolute atomic E-state index is 12.3. The van der Waals surface area contributed by atoms with E-state index < -0.39 is 11.7 Å². The molecule has 0 aromatic heterocycles. The van der Waals surface area contributed by atoms with Gasteiger partial charge in [-0.05, 0) is 0 Å². The van der Waals surface area contributed by atoms with Gasteiger partial charge in [-0.25, -0.2) is 0 Å². The van der Waals surface area contributed by atoms with Crippen molar-refractivity contribution in [2.45, 2.75) is 24.2 Å². The van der Waals surface area contributed by atoms with E-state index in [4.69, 9.17) is 0 Å². The molecular formula is C10H12AsF3. The molecule has 1 rings (SSSR count). The first-order valence-electron chi connectivity index (χ1n) is 4.40. The maximum atomic E-state index is 12.3. The standard InChI is InChI=1S/C10H12AsF3/c11-6-2-4-8-3-1-5-9(7-8)10(12,13)14/h1,3,5,7H,2,4,6,11H2. The van der Waals surface area contributed by atoms with Crippen molar-refractivity contribution < 1.29 is 13.2 Å². The summed E-state index contributed by atoms with van der Waals surface area (Å²) in [5.41, 5.74) is 0.231. The monoisotopic (exact) mass is 264 g/mol. The molecule has 0 aliphatic rings. The Balaban J connectivity index is 2.79. The second-order valence-corrected chi connectivity index (χ2v) is 4.30. The van der Waals surface area contributed by atoms with Crippen molar-refractivity contribution in [3.8, 4) is 0 Å². The molecule has 0 fully saturated rings. The average Bonchev–Trinajstić information content (AvgIpc) is 2.14. The van der Waals surface area contributed by atoms with E-state index in [9.17, 15) is 13.2 Å². The van der Waals surface area contributed by atoms with Crippen LogP contribution in [0.4, 0.5) is 13.2 Å². The van der Waals surface area contributed by atoms with E-state index in [-0.39, 0.29) is 0 Å². The Morgan fingerprint density at radius 2 is 1.93 bits per heavy atom. The summed E-state index contributed by atoms with van der Waals surface area (Å²) in [6, 6.07) is 5.57. The van der Waals surface area contributed by atoms with Crippen LogP contribution in [0.5, 0.6) is 0 Å². The van der Waals surface area contributed by atoms with Crippen molar-refractivity contribution in [1.82, 2.24) is 0 Å². The summed E-state index contributed by atoms with van der Waals surface area (Å²) in [4.78, 5) is 0. The van der Waals surface area contributed by atoms with E-state index in [0.29, 0.717) is 0 Å². The molecule has 0 radical (unpaired) electrons. The zero-order valence-electron chi connectivity index (χ0n) is 7.64. The molecule has 1 unspecified atom stereocenters. The number of halogens is 3. The number of aryl methyl sites for hydroxylation is 1. The van der Waals surface area contributed by atoms with E-state index in [2.05, 4.69) is 0 Å². The molecule has 4 heteroatoms. The zero-order chi connectivity index (χ0) is 10.6. The van der Waals surface area contributed by atoms with Crippen LogP contribution in [0.3, 0.4) is 0 Å². The van der Waals surface area contributed by atoms with Gasteiger partial charge >= 0.3 is 89.6 Å². The Labute approximate surface area is 90.0 Å². The van der Waals surface area contributed by atoms with E-state index in [1.54, 1.807) is 22.9 Å². The fourth-order valence-electron chi connectivity index (χ4n) is 1.21. The van der Waals surface area contributed by atoms with Gasteiger partial charge in [0, 0.05) is 0 Å². The van der Waals surface area contributed by atoms with Gasteiger partial charge in [-0.15, -0.1) is 0 Å². The average molecular weight is 264 g/mol. The molecule has 1 aromatic rings. The van der Waals surface area contributed by atoms with Crippen LogP contribution in [0.15, 0.2) is 24.3 Å². The summed E-state index contributed by atoms with van der Waals surface area (Å²) in [6.45, 7) is 0. The molecule has 0 amide bonds. The third-order valence-corrected chi connectivity index (χ3v) is 2.78. The van der Waals surface area contributed by atoms with Crippen LogP contribution >= 0.6 is 0 Å². The molecule has 0 spiro atoms. The minimum absolute atomic E-state index is 0.545. The van der Waals surface area contributed by atoms with Gasteiger partial charge in [-0.1, -0.05) is 0 Å². The summed E-state index contributed by atoms with van der Waals surface area (Å²) in [5, 5.41) is 1.06. The Kier molecular flexibility index (Phi) is 4.06. The van der Waals surface area contributed by atoms with Crippen LogP contribution in [0, 0.1) is 0 Å². The molecular weight excluding hydrogens is 252 g/mol. The van der Waals surface area contributed by atoms with Crippen LogP contribution in [-0.4, -0.2) is 16.9 Å². The number of hydrogen-bond donors (Lipinski definition) is 0. The first-order valence-corrected chi connectivity index (χ1v) is 6.11. The number of benzene rings is 1. The fraction of sp³-hybridized carbons (Fsp3) is 0.400. The van der Waals surface area contributed by atoms with Gasteiger partial charge in [0.25, 0.3) is 0 Å². The number of rotatable bonds is 3. The van der Waals surface area contributed by atoms with Crippen molar-refractivity contribution in [3.05, 3.63) is 35.4 Å². The topological polar surface area (TPSA) is 0 Å². The van der Waals surface area contributed by atoms with E-state index in [1.165, 1.54) is 12.1 Å². The van der Waals surface area contributed by atoms with E-state index in [0.717, 1.165) is 29.7 Å². The second kappa shape index (κ2) is 4.88. The predicted octanol–water partition coefficient (Wildman–Crippen LogP) is 2.69. The predicted molar refractivity (Wildman–Crippen MR) is 53.1 cm³/mol. The molecule has 0 saturated carbocycles. The zero-order valence-corrected chi connectivity index (χ0v) is 10.1. The SMILES string of the molecule is FC(F)(F)c1cccc(CCC[AsH2])c1. The minimum atomic E-state index is -4.22. The van der Waals surface area contributed by atoms with Crippen molar-refractivity contribution >= 4 is 16.9 Å². The van der Waals surface area contributed by atoms with Crippen LogP contribution in [0.1, 0.15) is 17.5 Å². The first kappa shape index (κ1) is 11.6. The number of alkyl halides is 3. The van der Waals surface area contributed by atoms with Crippen molar-refractivity contribution in [2.24, 2.45) is 0 Å². The summed E-state index contributed by atoms with van der Waals surface area (Å²) >= 11 is 1.61. The summed E-state index contributed by atoms with van der Waals surface area (Å²) < 4.78 is 36.9. The molecule has 14 heavy (non-hydrogen) atoms. The third-order valence-electron chi connectivity index (χ3n) is 1.92. The van der Waals surface area contributed by atoms with Crippen LogP contribution in [-0.2, 0) is 12.6 Å². The van der Waals surface area contributed by atoms with Gasteiger partial charge in [0.15, 0.2) is 0 Å². The van der Waals surface area contributed by atoms with Gasteiger partial charge in [0.1, 0.15) is 0 Å². The Hall–Kier alpha value is -0.432. The molecule has 0 aliphatic heterocycles. The molecule has 0 heterocycles. The number of hydrogen-bond acceptors (Lipinski definition) is 0. The molecule has 0 nitrogen and oxygen atoms in total. The Morgan fingerprint density at radius 1 is 1.21 bits per heavy atom. The van der Waals surface area contributed by atoms with Crippen LogP contribution in [0.2, 0.25) is 5.21 Å². The molecule has 1 atom stereocenters. The normalized spacial score (nSPS) is 11.7. The Bertz CT molecular complexity index is 294. The van der Waals surface area contributed by atoms with Crippen LogP contribution < -0.4 is 0 Å². The molecule has 0 saturated heterocycles. The summed E-state index contributed by atoms with van der Waals surface area (Å²) in [7, 11) is 0. The van der Waals surface area contributed by atoms with E-state index in [1.807, 2.05) is 0 Å². The van der Waals surface area contributed by atoms with Gasteiger partial charge in [0.2, 0.25) is 0 Å². The molecule has 0 aliphatic carbocycles. The quantitative estimate of drug-likeness (QED) is 0.736. The summed E-state index contributed by atoms with van der Waals surface area (Å²) in [5.74, 6) is 0. The summed E-state index contributed by atoms with van der Waals surface area (Å²) in [6.07, 6.45) is -2.52. The molecule has 1 aromatic carbocycles. The van der Waals surface area contributed by atoms with Crippen LogP contribution in [0.25, 0.3) is 0 Å². The van der Waals surface area contributed by atoms with Crippen molar-refractivity contribution in [3.63, 3.8) is 0 Å². The third kappa shape index (κ3) is 3.37. The van der Waals surface area contributed by atoms with Gasteiger partial charge in [-0.3, -0.25) is 0 Å². The molecule has 0 N–H and O–H groups in total. The first-order chi connectivity index (χ1) is 6.54. The van der Waals surface area contributed by atoms with Gasteiger partial charge < -0.3 is 0 Å². The molecule has 0 bridgehead atoms. The Morgan fingerprint density at radius 3 is 2.50 bits per heavy atom. The van der Waals surface area contributed by atoms with E-state index >= 15 is 0 Å². The van der Waals surface area contributed by atoms with Crippen molar-refractivity contribution in [1.29, 1.82) is 0 Å². The second-order valence-electron chi connectivity index (χ2n) is 3.09. The molecule has 78 valence electrons.